The van der Waals surface area contributed by atoms with Crippen LogP contribution in [0.1, 0.15) is 168 Å². The fourth-order valence-corrected chi connectivity index (χ4v) is 5.87. The number of aliphatic carboxylic acids is 1. The second-order valence-corrected chi connectivity index (χ2v) is 14.5. The Balaban J connectivity index is 4.44. The third kappa shape index (κ3) is 33.1. The van der Waals surface area contributed by atoms with Crippen LogP contribution < -0.4 is 5.73 Å². The van der Waals surface area contributed by atoms with E-state index in [1.807, 2.05) is 0 Å². The Morgan fingerprint density at radius 1 is 0.620 bits per heavy atom. The van der Waals surface area contributed by atoms with E-state index in [9.17, 15) is 23.8 Å². The Kier molecular flexibility index (Phi) is 32.7. The van der Waals surface area contributed by atoms with Gasteiger partial charge in [0.15, 0.2) is 6.10 Å². The molecular weight excluding hydrogens is 661 g/mol. The largest absolute Gasteiger partial charge is 0.480 e. The van der Waals surface area contributed by atoms with Crippen LogP contribution in [0.5, 0.6) is 0 Å². The highest BCUT2D eigenvalue weighted by atomic mass is 31.2. The summed E-state index contributed by atoms with van der Waals surface area (Å²) in [5.74, 6) is -2.39. The van der Waals surface area contributed by atoms with Crippen LogP contribution in [0, 0.1) is 0 Å². The van der Waals surface area contributed by atoms with Gasteiger partial charge in [-0.05, 0) is 44.9 Å². The molecule has 0 saturated heterocycles. The molecule has 0 aromatic rings. The van der Waals surface area contributed by atoms with E-state index >= 15 is 0 Å². The van der Waals surface area contributed by atoms with E-state index in [4.69, 9.17) is 24.8 Å². The molecule has 0 spiro atoms. The average molecular weight is 732 g/mol. The second kappa shape index (κ2) is 34.1. The van der Waals surface area contributed by atoms with Crippen molar-refractivity contribution in [1.29, 1.82) is 0 Å². The Morgan fingerprint density at radius 2 is 1.06 bits per heavy atom. The van der Waals surface area contributed by atoms with Crippen molar-refractivity contribution in [2.45, 2.75) is 180 Å². The maximum Gasteiger partial charge on any atom is 0.472 e. The van der Waals surface area contributed by atoms with E-state index < -0.39 is 51.1 Å². The minimum absolute atomic E-state index is 0.161. The van der Waals surface area contributed by atoms with Gasteiger partial charge in [0.25, 0.3) is 0 Å². The van der Waals surface area contributed by atoms with Gasteiger partial charge in [-0.2, -0.15) is 0 Å². The van der Waals surface area contributed by atoms with Crippen LogP contribution in [0.2, 0.25) is 0 Å². The van der Waals surface area contributed by atoms with Crippen molar-refractivity contribution in [3.63, 3.8) is 0 Å². The molecule has 4 N–H and O–H groups in total. The summed E-state index contributed by atoms with van der Waals surface area (Å²) in [5, 5.41) is 8.85. The standard InChI is InChI=1S/C38H70NO10P/c1-3-5-7-9-11-13-15-16-17-18-20-21-23-25-27-29-36(40)46-31-34(32-47-50(44,45)48-33-35(39)38(42)43)49-37(41)30-28-26-24-22-19-14-12-10-8-6-4-2/h11,13,16-17,34-35H,3-10,12,14-15,18-33,39H2,1-2H3,(H,42,43)(H,44,45)/t34-,35+/m1/s1. The Labute approximate surface area is 302 Å². The van der Waals surface area contributed by atoms with E-state index in [-0.39, 0.29) is 19.4 Å². The van der Waals surface area contributed by atoms with Gasteiger partial charge in [-0.15, -0.1) is 0 Å². The molecule has 0 amide bonds. The fourth-order valence-electron chi connectivity index (χ4n) is 5.09. The smallest absolute Gasteiger partial charge is 0.472 e. The molecule has 1 unspecified atom stereocenters. The number of carboxylic acids is 1. The molecule has 50 heavy (non-hydrogen) atoms. The SMILES string of the molecule is CCCCCC=CCC=CCCCCCCCC(=O)OC[C@H](COP(=O)(O)OC[C@H](N)C(=O)O)OC(=O)CCCCCCCCCCCCC. The molecule has 0 rings (SSSR count). The molecule has 12 heteroatoms. The average Bonchev–Trinajstić information content (AvgIpc) is 3.09. The molecule has 292 valence electrons. The van der Waals surface area contributed by atoms with Gasteiger partial charge in [0, 0.05) is 12.8 Å². The molecule has 0 aromatic heterocycles. The number of nitrogens with two attached hydrogens (primary N) is 1. The summed E-state index contributed by atoms with van der Waals surface area (Å²) >= 11 is 0. The molecule has 11 nitrogen and oxygen atoms in total. The van der Waals surface area contributed by atoms with Gasteiger partial charge < -0.3 is 25.2 Å². The van der Waals surface area contributed by atoms with Crippen LogP contribution in [-0.2, 0) is 37.5 Å². The van der Waals surface area contributed by atoms with Crippen LogP contribution in [-0.4, -0.2) is 59.9 Å². The number of hydrogen-bond acceptors (Lipinski definition) is 9. The third-order valence-corrected chi connectivity index (χ3v) is 9.15. The highest BCUT2D eigenvalue weighted by Crippen LogP contribution is 2.43. The van der Waals surface area contributed by atoms with Crippen LogP contribution in [0.4, 0.5) is 0 Å². The van der Waals surface area contributed by atoms with Crippen molar-refractivity contribution in [1.82, 2.24) is 0 Å². The van der Waals surface area contributed by atoms with Crippen molar-refractivity contribution >= 4 is 25.7 Å². The summed E-state index contributed by atoms with van der Waals surface area (Å²) in [6.45, 7) is 2.74. The molecule has 0 aliphatic heterocycles. The first kappa shape index (κ1) is 48.0. The van der Waals surface area contributed by atoms with Crippen molar-refractivity contribution in [2.75, 3.05) is 19.8 Å². The van der Waals surface area contributed by atoms with Crippen molar-refractivity contribution in [2.24, 2.45) is 5.73 Å². The lowest BCUT2D eigenvalue weighted by molar-refractivity contribution is -0.161. The van der Waals surface area contributed by atoms with Crippen LogP contribution in [0.25, 0.3) is 0 Å². The predicted octanol–water partition coefficient (Wildman–Crippen LogP) is 9.50. The molecule has 0 heterocycles. The fraction of sp³-hybridized carbons (Fsp3) is 0.816. The monoisotopic (exact) mass is 731 g/mol. The number of hydrogen-bond donors (Lipinski definition) is 3. The van der Waals surface area contributed by atoms with Crippen molar-refractivity contribution in [3.8, 4) is 0 Å². The number of esters is 2. The summed E-state index contributed by atoms with van der Waals surface area (Å²) in [6, 6.07) is -1.52. The minimum atomic E-state index is -4.71. The first-order chi connectivity index (χ1) is 24.1. The van der Waals surface area contributed by atoms with Gasteiger partial charge in [0.1, 0.15) is 12.6 Å². The topological polar surface area (TPSA) is 172 Å². The predicted molar refractivity (Wildman–Crippen MR) is 199 cm³/mol. The molecule has 0 aliphatic carbocycles. The van der Waals surface area contributed by atoms with E-state index in [1.54, 1.807) is 0 Å². The molecule has 0 radical (unpaired) electrons. The molecule has 0 fully saturated rings. The van der Waals surface area contributed by atoms with Crippen molar-refractivity contribution < 1.29 is 47.5 Å². The van der Waals surface area contributed by atoms with Crippen LogP contribution in [0.3, 0.4) is 0 Å². The number of unbranched alkanes of at least 4 members (excludes halogenated alkanes) is 18. The minimum Gasteiger partial charge on any atom is -0.480 e. The zero-order valence-corrected chi connectivity index (χ0v) is 32.1. The molecule has 3 atom stereocenters. The van der Waals surface area contributed by atoms with Gasteiger partial charge in [0.2, 0.25) is 0 Å². The summed E-state index contributed by atoms with van der Waals surface area (Å²) in [4.78, 5) is 45.7. The maximum atomic E-state index is 12.5. The van der Waals surface area contributed by atoms with E-state index in [0.717, 1.165) is 64.2 Å². The molecular formula is C38H70NO10P. The normalized spacial score (nSPS) is 14.2. The Morgan fingerprint density at radius 3 is 1.60 bits per heavy atom. The number of allylic oxidation sites excluding steroid dienone is 4. The summed E-state index contributed by atoms with van der Waals surface area (Å²) in [7, 11) is -4.71. The summed E-state index contributed by atoms with van der Waals surface area (Å²) in [6.07, 6.45) is 32.5. The van der Waals surface area contributed by atoms with Gasteiger partial charge >= 0.3 is 25.7 Å². The molecule has 0 aliphatic rings. The number of carbonyl (C=O) groups excluding carboxylic acids is 2. The zero-order chi connectivity index (χ0) is 37.1. The lowest BCUT2D eigenvalue weighted by atomic mass is 10.1. The Hall–Kier alpha value is -2.04. The van der Waals surface area contributed by atoms with E-state index in [0.29, 0.717) is 12.8 Å². The van der Waals surface area contributed by atoms with Gasteiger partial charge in [0.05, 0.1) is 13.2 Å². The van der Waals surface area contributed by atoms with E-state index in [2.05, 4.69) is 42.7 Å². The van der Waals surface area contributed by atoms with Gasteiger partial charge in [-0.1, -0.05) is 134 Å². The number of phosphoric acid groups is 1. The quantitative estimate of drug-likeness (QED) is 0.0242. The molecule has 0 bridgehead atoms. The molecule has 0 aromatic carbocycles. The highest BCUT2D eigenvalue weighted by Gasteiger charge is 2.28. The third-order valence-electron chi connectivity index (χ3n) is 8.20. The zero-order valence-electron chi connectivity index (χ0n) is 31.2. The number of carbonyl (C=O) groups is 3. The van der Waals surface area contributed by atoms with Gasteiger partial charge in [-0.3, -0.25) is 23.4 Å². The first-order valence-electron chi connectivity index (χ1n) is 19.4. The number of rotatable bonds is 36. The van der Waals surface area contributed by atoms with Crippen LogP contribution >= 0.6 is 7.82 Å². The number of phosphoric ester groups is 1. The number of carboxylic acid groups (broad SMARTS) is 1. The summed E-state index contributed by atoms with van der Waals surface area (Å²) < 4.78 is 32.5. The van der Waals surface area contributed by atoms with Gasteiger partial charge in [-0.25, -0.2) is 4.57 Å². The lowest BCUT2D eigenvalue weighted by Gasteiger charge is -2.20. The highest BCUT2D eigenvalue weighted by molar-refractivity contribution is 7.47. The first-order valence-corrected chi connectivity index (χ1v) is 20.9. The maximum absolute atomic E-state index is 12.5. The number of ether oxygens (including phenoxy) is 2. The second-order valence-electron chi connectivity index (χ2n) is 13.1. The summed E-state index contributed by atoms with van der Waals surface area (Å²) in [5.41, 5.74) is 5.31. The lowest BCUT2D eigenvalue weighted by Crippen LogP contribution is -2.34. The van der Waals surface area contributed by atoms with Crippen molar-refractivity contribution in [3.05, 3.63) is 24.3 Å². The van der Waals surface area contributed by atoms with Crippen LogP contribution in [0.15, 0.2) is 24.3 Å². The Bertz CT molecular complexity index is 958. The van der Waals surface area contributed by atoms with E-state index in [1.165, 1.54) is 64.2 Å². The molecule has 0 saturated carbocycles.